The van der Waals surface area contributed by atoms with E-state index in [1.807, 2.05) is 22.6 Å². The summed E-state index contributed by atoms with van der Waals surface area (Å²) in [6.45, 7) is 0.800. The van der Waals surface area contributed by atoms with E-state index < -0.39 is 11.9 Å². The number of fused-ring (bicyclic) bond motifs is 1. The Morgan fingerprint density at radius 3 is 3.04 bits per heavy atom. The van der Waals surface area contributed by atoms with Crippen molar-refractivity contribution in [2.24, 2.45) is 0 Å². The predicted molar refractivity (Wildman–Crippen MR) is 108 cm³/mol. The molecule has 3 heterocycles. The number of β-amino-alcohol motifs (C(OH)–C–C–N with tert-alkyl or cyclic N) is 1. The van der Waals surface area contributed by atoms with E-state index in [0.717, 1.165) is 9.99 Å². The molecule has 6 nitrogen and oxygen atoms in total. The van der Waals surface area contributed by atoms with Crippen molar-refractivity contribution in [1.29, 1.82) is 0 Å². The van der Waals surface area contributed by atoms with Crippen molar-refractivity contribution >= 4 is 50.8 Å². The zero-order chi connectivity index (χ0) is 19.0. The number of halogens is 2. The molecule has 8 heteroatoms. The highest BCUT2D eigenvalue weighted by Crippen LogP contribution is 2.35. The molecular weight excluding hydrogens is 464 g/mol. The number of anilines is 2. The van der Waals surface area contributed by atoms with Gasteiger partial charge in [-0.2, -0.15) is 0 Å². The molecule has 0 saturated carbocycles. The van der Waals surface area contributed by atoms with Crippen LogP contribution in [0.5, 0.6) is 0 Å². The number of carbonyl (C=O) groups is 1. The molecule has 2 N–H and O–H groups in total. The standard InChI is InChI=1S/C19H17FIN3O3/c20-14-8-11(21)3-4-15(14)23-17-13-9-22-6-5-16(13)27-18(17)19(26)24-7-1-2-12(25)10-24/h3-6,8-9,12,23,25H,1-2,7,10H2/t12-/m0/s1. The van der Waals surface area contributed by atoms with E-state index in [1.54, 1.807) is 35.5 Å². The van der Waals surface area contributed by atoms with Crippen LogP contribution in [0.25, 0.3) is 11.0 Å². The van der Waals surface area contributed by atoms with Gasteiger partial charge in [0.05, 0.1) is 17.2 Å². The summed E-state index contributed by atoms with van der Waals surface area (Å²) in [6.07, 6.45) is 4.00. The van der Waals surface area contributed by atoms with Gasteiger partial charge in [0.25, 0.3) is 5.91 Å². The highest BCUT2D eigenvalue weighted by molar-refractivity contribution is 14.1. The molecule has 1 saturated heterocycles. The van der Waals surface area contributed by atoms with Crippen molar-refractivity contribution in [3.8, 4) is 0 Å². The Morgan fingerprint density at radius 2 is 2.26 bits per heavy atom. The smallest absolute Gasteiger partial charge is 0.291 e. The molecule has 1 aliphatic heterocycles. The number of hydrogen-bond donors (Lipinski definition) is 2. The summed E-state index contributed by atoms with van der Waals surface area (Å²) in [5, 5.41) is 13.5. The van der Waals surface area contributed by atoms with Gasteiger partial charge in [-0.25, -0.2) is 4.39 Å². The molecule has 1 aromatic carbocycles. The molecule has 0 spiro atoms. The molecule has 0 bridgehead atoms. The molecule has 0 radical (unpaired) electrons. The Labute approximate surface area is 168 Å². The van der Waals surface area contributed by atoms with E-state index in [0.29, 0.717) is 29.6 Å². The lowest BCUT2D eigenvalue weighted by Gasteiger charge is -2.29. The van der Waals surface area contributed by atoms with Crippen LogP contribution in [0.15, 0.2) is 41.1 Å². The fraction of sp³-hybridized carbons (Fsp3) is 0.263. The van der Waals surface area contributed by atoms with Crippen LogP contribution in [0.3, 0.4) is 0 Å². The van der Waals surface area contributed by atoms with Crippen molar-refractivity contribution in [2.75, 3.05) is 18.4 Å². The number of furan rings is 1. The van der Waals surface area contributed by atoms with Gasteiger partial charge in [-0.3, -0.25) is 9.78 Å². The highest BCUT2D eigenvalue weighted by Gasteiger charge is 2.29. The van der Waals surface area contributed by atoms with Crippen LogP contribution in [-0.4, -0.2) is 40.1 Å². The van der Waals surface area contributed by atoms with Crippen LogP contribution in [0.2, 0.25) is 0 Å². The number of pyridine rings is 1. The third-order valence-corrected chi connectivity index (χ3v) is 5.23. The Morgan fingerprint density at radius 1 is 1.41 bits per heavy atom. The predicted octanol–water partition coefficient (Wildman–Crippen LogP) is 3.91. The maximum atomic E-state index is 14.3. The van der Waals surface area contributed by atoms with Crippen molar-refractivity contribution in [3.05, 3.63) is 51.8 Å². The van der Waals surface area contributed by atoms with Crippen molar-refractivity contribution < 1.29 is 18.7 Å². The van der Waals surface area contributed by atoms with Gasteiger partial charge in [0.15, 0.2) is 0 Å². The van der Waals surface area contributed by atoms with Crippen LogP contribution in [0, 0.1) is 9.39 Å². The number of aliphatic hydroxyl groups excluding tert-OH is 1. The average molecular weight is 481 g/mol. The third kappa shape index (κ3) is 3.63. The molecule has 1 aliphatic rings. The van der Waals surface area contributed by atoms with E-state index in [2.05, 4.69) is 10.3 Å². The maximum absolute atomic E-state index is 14.3. The van der Waals surface area contributed by atoms with Crippen LogP contribution in [0.1, 0.15) is 23.4 Å². The lowest BCUT2D eigenvalue weighted by molar-refractivity contribution is 0.0451. The second-order valence-electron chi connectivity index (χ2n) is 6.47. The van der Waals surface area contributed by atoms with Crippen LogP contribution < -0.4 is 5.32 Å². The van der Waals surface area contributed by atoms with Crippen molar-refractivity contribution in [2.45, 2.75) is 18.9 Å². The normalized spacial score (nSPS) is 17.3. The molecule has 4 rings (SSSR count). The summed E-state index contributed by atoms with van der Waals surface area (Å²) >= 11 is 2.03. The topological polar surface area (TPSA) is 78.6 Å². The monoisotopic (exact) mass is 481 g/mol. The summed E-state index contributed by atoms with van der Waals surface area (Å²) < 4.78 is 20.9. The Hall–Kier alpha value is -2.20. The van der Waals surface area contributed by atoms with E-state index in [4.69, 9.17) is 4.42 Å². The van der Waals surface area contributed by atoms with E-state index >= 15 is 0 Å². The Kier molecular flexibility index (Phi) is 5.00. The van der Waals surface area contributed by atoms with E-state index in [-0.39, 0.29) is 23.9 Å². The van der Waals surface area contributed by atoms with Gasteiger partial charge in [0.1, 0.15) is 17.1 Å². The van der Waals surface area contributed by atoms with Crippen molar-refractivity contribution in [1.82, 2.24) is 9.88 Å². The van der Waals surface area contributed by atoms with Gasteiger partial charge in [0, 0.05) is 29.1 Å². The number of piperidine rings is 1. The maximum Gasteiger partial charge on any atom is 0.291 e. The molecular formula is C19H17FIN3O3. The minimum absolute atomic E-state index is 0.0880. The lowest BCUT2D eigenvalue weighted by atomic mass is 10.1. The SMILES string of the molecule is O=C(c1oc2ccncc2c1Nc1ccc(I)cc1F)N1CCC[C@H](O)C1. The first kappa shape index (κ1) is 18.2. The molecule has 1 amide bonds. The van der Waals surface area contributed by atoms with E-state index in [1.165, 1.54) is 6.07 Å². The van der Waals surface area contributed by atoms with Gasteiger partial charge in [0.2, 0.25) is 5.76 Å². The first-order valence-electron chi connectivity index (χ1n) is 8.59. The number of benzene rings is 1. The summed E-state index contributed by atoms with van der Waals surface area (Å²) in [4.78, 5) is 18.7. The minimum Gasteiger partial charge on any atom is -0.448 e. The summed E-state index contributed by atoms with van der Waals surface area (Å²) in [5.74, 6) is -0.671. The molecule has 2 aromatic heterocycles. The molecule has 0 aliphatic carbocycles. The van der Waals surface area contributed by atoms with E-state index in [9.17, 15) is 14.3 Å². The number of aliphatic hydroxyl groups is 1. The summed E-state index contributed by atoms with van der Waals surface area (Å²) in [6, 6.07) is 6.46. The number of aromatic nitrogens is 1. The van der Waals surface area contributed by atoms with Crippen LogP contribution in [-0.2, 0) is 0 Å². The second kappa shape index (κ2) is 7.43. The summed E-state index contributed by atoms with van der Waals surface area (Å²) in [5.41, 5.74) is 1.11. The van der Waals surface area contributed by atoms with Gasteiger partial charge < -0.3 is 19.7 Å². The van der Waals surface area contributed by atoms with Gasteiger partial charge in [-0.1, -0.05) is 0 Å². The molecule has 1 atom stereocenters. The number of amides is 1. The second-order valence-corrected chi connectivity index (χ2v) is 7.72. The molecule has 27 heavy (non-hydrogen) atoms. The average Bonchev–Trinajstić information content (AvgIpc) is 3.02. The number of likely N-dealkylation sites (tertiary alicyclic amines) is 1. The molecule has 3 aromatic rings. The van der Waals surface area contributed by atoms with Gasteiger partial charge >= 0.3 is 0 Å². The van der Waals surface area contributed by atoms with Gasteiger partial charge in [-0.15, -0.1) is 0 Å². The Balaban J connectivity index is 1.76. The van der Waals surface area contributed by atoms with Gasteiger partial charge in [-0.05, 0) is 59.7 Å². The quantitative estimate of drug-likeness (QED) is 0.555. The highest BCUT2D eigenvalue weighted by atomic mass is 127. The largest absolute Gasteiger partial charge is 0.448 e. The molecule has 1 fully saturated rings. The third-order valence-electron chi connectivity index (χ3n) is 4.56. The number of hydrogen-bond acceptors (Lipinski definition) is 5. The zero-order valence-corrected chi connectivity index (χ0v) is 16.4. The molecule has 0 unspecified atom stereocenters. The summed E-state index contributed by atoms with van der Waals surface area (Å²) in [7, 11) is 0. The number of nitrogens with zero attached hydrogens (tertiary/aromatic N) is 2. The van der Waals surface area contributed by atoms with Crippen LogP contribution in [0.4, 0.5) is 15.8 Å². The van der Waals surface area contributed by atoms with Crippen LogP contribution >= 0.6 is 22.6 Å². The number of carbonyl (C=O) groups excluding carboxylic acids is 1. The molecule has 140 valence electrons. The minimum atomic E-state index is -0.543. The first-order valence-corrected chi connectivity index (χ1v) is 9.66. The Bertz CT molecular complexity index is 1010. The first-order chi connectivity index (χ1) is 13.0. The fourth-order valence-electron chi connectivity index (χ4n) is 3.22. The fourth-order valence-corrected chi connectivity index (χ4v) is 3.68. The number of nitrogens with one attached hydrogen (secondary N) is 1. The zero-order valence-electron chi connectivity index (χ0n) is 14.3. The number of rotatable bonds is 3. The lowest BCUT2D eigenvalue weighted by Crippen LogP contribution is -2.42. The van der Waals surface area contributed by atoms with Crippen molar-refractivity contribution in [3.63, 3.8) is 0 Å².